The Balaban J connectivity index is 2.06. The number of nitrogens with zero attached hydrogens (tertiary/aromatic N) is 2. The average Bonchev–Trinajstić information content (AvgIpc) is 2.55. The molecule has 3 N–H and O–H groups in total. The van der Waals surface area contributed by atoms with Crippen molar-refractivity contribution in [3.63, 3.8) is 0 Å². The highest BCUT2D eigenvalue weighted by Gasteiger charge is 2.32. The second-order valence-electron chi connectivity index (χ2n) is 4.85. The first kappa shape index (κ1) is 18.8. The van der Waals surface area contributed by atoms with E-state index in [1.54, 1.807) is 0 Å². The predicted molar refractivity (Wildman–Crippen MR) is 90.0 cm³/mol. The summed E-state index contributed by atoms with van der Waals surface area (Å²) in [5, 5.41) is 16.7. The molecule has 0 spiro atoms. The summed E-state index contributed by atoms with van der Waals surface area (Å²) in [4.78, 5) is 0. The summed E-state index contributed by atoms with van der Waals surface area (Å²) in [6.07, 6.45) is -3.95. The summed E-state index contributed by atoms with van der Waals surface area (Å²) in [6.45, 7) is 0. The largest absolute Gasteiger partial charge is 0.507 e. The minimum Gasteiger partial charge on any atom is -0.507 e. The van der Waals surface area contributed by atoms with Gasteiger partial charge in [-0.3, -0.25) is 0 Å². The van der Waals surface area contributed by atoms with Gasteiger partial charge >= 0.3 is 6.18 Å². The quantitative estimate of drug-likeness (QED) is 0.367. The van der Waals surface area contributed by atoms with E-state index in [-0.39, 0.29) is 11.2 Å². The predicted octanol–water partition coefficient (Wildman–Crippen LogP) is 4.13. The molecule has 132 valence electrons. The Morgan fingerprint density at radius 1 is 1.20 bits per heavy atom. The SMILES string of the molecule is NC(=NN=Cc1c(O)cc(C(F)(F)F)cc1F)SCc1ccccc1. The lowest BCUT2D eigenvalue weighted by molar-refractivity contribution is -0.137. The third-order valence-corrected chi connectivity index (χ3v) is 3.86. The molecule has 0 amide bonds. The number of phenolic OH excluding ortho intramolecular Hbond substituents is 1. The van der Waals surface area contributed by atoms with Crippen LogP contribution in [0.2, 0.25) is 0 Å². The van der Waals surface area contributed by atoms with Crippen molar-refractivity contribution in [1.82, 2.24) is 0 Å². The smallest absolute Gasteiger partial charge is 0.416 e. The van der Waals surface area contributed by atoms with Crippen molar-refractivity contribution >= 4 is 23.1 Å². The molecule has 0 bridgehead atoms. The second-order valence-corrected chi connectivity index (χ2v) is 5.84. The molecule has 0 heterocycles. The molecule has 0 fully saturated rings. The Kier molecular flexibility index (Phi) is 6.02. The Hall–Kier alpha value is -2.55. The van der Waals surface area contributed by atoms with Crippen molar-refractivity contribution in [2.45, 2.75) is 11.9 Å². The van der Waals surface area contributed by atoms with Gasteiger partial charge in [-0.05, 0) is 17.7 Å². The Morgan fingerprint density at radius 3 is 2.48 bits per heavy atom. The summed E-state index contributed by atoms with van der Waals surface area (Å²) in [6, 6.07) is 10.1. The van der Waals surface area contributed by atoms with Gasteiger partial charge in [0.15, 0.2) is 5.17 Å². The molecule has 0 saturated heterocycles. The number of hydrogen-bond acceptors (Lipinski definition) is 4. The van der Waals surface area contributed by atoms with Gasteiger partial charge in [0.05, 0.1) is 17.3 Å². The lowest BCUT2D eigenvalue weighted by atomic mass is 10.1. The van der Waals surface area contributed by atoms with Crippen LogP contribution in [0.3, 0.4) is 0 Å². The van der Waals surface area contributed by atoms with Gasteiger partial charge in [0, 0.05) is 5.75 Å². The molecule has 0 aliphatic carbocycles. The number of rotatable bonds is 4. The molecule has 2 aromatic carbocycles. The highest BCUT2D eigenvalue weighted by molar-refractivity contribution is 8.13. The topological polar surface area (TPSA) is 71.0 Å². The van der Waals surface area contributed by atoms with E-state index in [0.29, 0.717) is 11.8 Å². The monoisotopic (exact) mass is 371 g/mol. The average molecular weight is 371 g/mol. The maximum absolute atomic E-state index is 13.7. The molecule has 0 aliphatic rings. The van der Waals surface area contributed by atoms with Crippen LogP contribution in [-0.4, -0.2) is 16.5 Å². The molecule has 0 aliphatic heterocycles. The molecule has 4 nitrogen and oxygen atoms in total. The minimum absolute atomic E-state index is 0.0897. The second kappa shape index (κ2) is 8.02. The number of hydrogen-bond donors (Lipinski definition) is 2. The van der Waals surface area contributed by atoms with Gasteiger partial charge in [-0.25, -0.2) is 4.39 Å². The van der Waals surface area contributed by atoms with Gasteiger partial charge in [0.25, 0.3) is 0 Å². The Bertz CT molecular complexity index is 769. The first-order valence-electron chi connectivity index (χ1n) is 6.90. The lowest BCUT2D eigenvalue weighted by Gasteiger charge is -2.08. The fourth-order valence-corrected chi connectivity index (χ4v) is 2.41. The number of amidine groups is 1. The van der Waals surface area contributed by atoms with E-state index >= 15 is 0 Å². The first-order chi connectivity index (χ1) is 11.8. The van der Waals surface area contributed by atoms with E-state index in [1.165, 1.54) is 11.8 Å². The van der Waals surface area contributed by atoms with Crippen LogP contribution in [0.25, 0.3) is 0 Å². The molecule has 0 aromatic heterocycles. The summed E-state index contributed by atoms with van der Waals surface area (Å²) < 4.78 is 51.2. The summed E-state index contributed by atoms with van der Waals surface area (Å²) in [7, 11) is 0. The zero-order chi connectivity index (χ0) is 18.4. The summed E-state index contributed by atoms with van der Waals surface area (Å²) in [5.74, 6) is -1.60. The maximum atomic E-state index is 13.7. The van der Waals surface area contributed by atoms with Crippen LogP contribution in [0, 0.1) is 5.82 Å². The van der Waals surface area contributed by atoms with Crippen molar-refractivity contribution in [3.05, 3.63) is 65.0 Å². The van der Waals surface area contributed by atoms with Crippen molar-refractivity contribution in [2.75, 3.05) is 0 Å². The van der Waals surface area contributed by atoms with E-state index in [9.17, 15) is 22.7 Å². The van der Waals surface area contributed by atoms with Crippen molar-refractivity contribution in [2.24, 2.45) is 15.9 Å². The van der Waals surface area contributed by atoms with E-state index < -0.39 is 28.9 Å². The van der Waals surface area contributed by atoms with Crippen LogP contribution in [-0.2, 0) is 11.9 Å². The maximum Gasteiger partial charge on any atom is 0.416 e. The van der Waals surface area contributed by atoms with E-state index in [4.69, 9.17) is 5.73 Å². The summed E-state index contributed by atoms with van der Waals surface area (Å²) in [5.41, 5.74) is 4.86. The van der Waals surface area contributed by atoms with Gasteiger partial charge in [-0.1, -0.05) is 42.1 Å². The highest BCUT2D eigenvalue weighted by atomic mass is 32.2. The van der Waals surface area contributed by atoms with Crippen LogP contribution in [0.15, 0.2) is 52.7 Å². The number of benzene rings is 2. The number of phenols is 1. The first-order valence-corrected chi connectivity index (χ1v) is 7.89. The number of halogens is 4. The number of alkyl halides is 3. The number of thioether (sulfide) groups is 1. The van der Waals surface area contributed by atoms with Crippen LogP contribution in [0.5, 0.6) is 5.75 Å². The van der Waals surface area contributed by atoms with Gasteiger partial charge in [0.2, 0.25) is 0 Å². The van der Waals surface area contributed by atoms with E-state index in [0.717, 1.165) is 11.8 Å². The van der Waals surface area contributed by atoms with E-state index in [2.05, 4.69) is 10.2 Å². The zero-order valence-electron chi connectivity index (χ0n) is 12.7. The third-order valence-electron chi connectivity index (χ3n) is 3.01. The van der Waals surface area contributed by atoms with Crippen LogP contribution in [0.4, 0.5) is 17.6 Å². The molecular weight excluding hydrogens is 358 g/mol. The highest BCUT2D eigenvalue weighted by Crippen LogP contribution is 2.33. The number of aromatic hydroxyl groups is 1. The zero-order valence-corrected chi connectivity index (χ0v) is 13.5. The Labute approximate surface area is 145 Å². The molecule has 25 heavy (non-hydrogen) atoms. The van der Waals surface area contributed by atoms with Crippen LogP contribution >= 0.6 is 11.8 Å². The molecule has 0 atom stereocenters. The molecule has 9 heteroatoms. The van der Waals surface area contributed by atoms with Gasteiger partial charge in [-0.2, -0.15) is 18.3 Å². The van der Waals surface area contributed by atoms with Gasteiger partial charge < -0.3 is 10.8 Å². The third kappa shape index (κ3) is 5.49. The summed E-state index contributed by atoms with van der Waals surface area (Å²) >= 11 is 1.19. The molecule has 2 rings (SSSR count). The molecule has 0 unspecified atom stereocenters. The minimum atomic E-state index is -4.76. The van der Waals surface area contributed by atoms with Crippen molar-refractivity contribution in [1.29, 1.82) is 0 Å². The molecule has 0 radical (unpaired) electrons. The normalized spacial score (nSPS) is 12.7. The standard InChI is InChI=1S/C16H13F4N3OS/c17-13-6-11(16(18,19)20)7-14(24)12(13)8-22-23-15(21)25-9-10-4-2-1-3-5-10/h1-8,24H,9H2,(H2,21,23). The Morgan fingerprint density at radius 2 is 1.88 bits per heavy atom. The van der Waals surface area contributed by atoms with Crippen molar-refractivity contribution < 1.29 is 22.7 Å². The molecule has 2 aromatic rings. The van der Waals surface area contributed by atoms with Gasteiger partial charge in [-0.15, -0.1) is 5.10 Å². The van der Waals surface area contributed by atoms with Gasteiger partial charge in [0.1, 0.15) is 11.6 Å². The lowest BCUT2D eigenvalue weighted by Crippen LogP contribution is -2.07. The fraction of sp³-hybridized carbons (Fsp3) is 0.125. The fourth-order valence-electron chi connectivity index (χ4n) is 1.80. The molecular formula is C16H13F4N3OS. The number of nitrogens with two attached hydrogens (primary N) is 1. The van der Waals surface area contributed by atoms with Crippen LogP contribution < -0.4 is 5.73 Å². The van der Waals surface area contributed by atoms with E-state index in [1.807, 2.05) is 30.3 Å². The van der Waals surface area contributed by atoms with Crippen molar-refractivity contribution in [3.8, 4) is 5.75 Å². The molecule has 0 saturated carbocycles. The van der Waals surface area contributed by atoms with Crippen LogP contribution in [0.1, 0.15) is 16.7 Å².